The fourth-order valence-corrected chi connectivity index (χ4v) is 3.27. The lowest BCUT2D eigenvalue weighted by atomic mass is 10.1. The largest absolute Gasteiger partial charge is 0.389 e. The monoisotopic (exact) mass is 320 g/mol. The molecule has 0 aliphatic carbocycles. The minimum Gasteiger partial charge on any atom is -0.389 e. The Morgan fingerprint density at radius 3 is 2.48 bits per heavy atom. The van der Waals surface area contributed by atoms with Gasteiger partial charge in [0.2, 0.25) is 10.0 Å². The molecule has 0 unspecified atom stereocenters. The van der Waals surface area contributed by atoms with Crippen LogP contribution in [0.15, 0.2) is 48.5 Å². The van der Waals surface area contributed by atoms with E-state index in [1.807, 2.05) is 25.1 Å². The minimum absolute atomic E-state index is 0.0788. The van der Waals surface area contributed by atoms with Crippen LogP contribution in [0.1, 0.15) is 16.7 Å². The summed E-state index contributed by atoms with van der Waals surface area (Å²) in [6.45, 7) is 1.82. The van der Waals surface area contributed by atoms with E-state index >= 15 is 0 Å². The first kappa shape index (κ1) is 15.5. The van der Waals surface area contributed by atoms with Crippen molar-refractivity contribution in [3.05, 3.63) is 65.2 Å². The molecule has 110 valence electrons. The van der Waals surface area contributed by atoms with Gasteiger partial charge in [0.25, 0.3) is 0 Å². The molecule has 0 amide bonds. The van der Waals surface area contributed by atoms with E-state index < -0.39 is 10.0 Å². The summed E-state index contributed by atoms with van der Waals surface area (Å²) < 4.78 is 27.0. The van der Waals surface area contributed by atoms with Crippen molar-refractivity contribution in [3.8, 4) is 0 Å². The Balaban J connectivity index is 2.24. The highest BCUT2D eigenvalue weighted by Gasteiger charge is 2.13. The van der Waals surface area contributed by atoms with Crippen LogP contribution in [0, 0.1) is 6.92 Å². The highest BCUT2D eigenvalue weighted by molar-refractivity contribution is 7.91. The maximum absolute atomic E-state index is 12.2. The Labute approximate surface area is 130 Å². The average molecular weight is 320 g/mol. The van der Waals surface area contributed by atoms with Crippen molar-refractivity contribution in [2.75, 3.05) is 4.72 Å². The van der Waals surface area contributed by atoms with Gasteiger partial charge in [0.1, 0.15) is 4.99 Å². The number of sulfonamides is 1. The molecule has 0 atom stereocenters. The smallest absolute Gasteiger partial charge is 0.236 e. The number of nitrogens with two attached hydrogens (primary N) is 1. The molecule has 0 aromatic heterocycles. The van der Waals surface area contributed by atoms with Gasteiger partial charge >= 0.3 is 0 Å². The van der Waals surface area contributed by atoms with Crippen LogP contribution in [0.4, 0.5) is 5.69 Å². The summed E-state index contributed by atoms with van der Waals surface area (Å²) in [5, 5.41) is 0. The second-order valence-electron chi connectivity index (χ2n) is 4.74. The normalized spacial score (nSPS) is 11.1. The van der Waals surface area contributed by atoms with Gasteiger partial charge < -0.3 is 5.73 Å². The van der Waals surface area contributed by atoms with Crippen molar-refractivity contribution in [1.82, 2.24) is 0 Å². The molecule has 2 aromatic rings. The number of benzene rings is 2. The Hall–Kier alpha value is -1.92. The molecular weight excluding hydrogens is 304 g/mol. The van der Waals surface area contributed by atoms with Crippen LogP contribution in [0.25, 0.3) is 0 Å². The third-order valence-corrected chi connectivity index (χ3v) is 4.47. The van der Waals surface area contributed by atoms with Crippen LogP contribution in [0.3, 0.4) is 0 Å². The zero-order valence-electron chi connectivity index (χ0n) is 11.5. The highest BCUT2D eigenvalue weighted by atomic mass is 32.2. The summed E-state index contributed by atoms with van der Waals surface area (Å²) in [6, 6.07) is 14.2. The van der Waals surface area contributed by atoms with Gasteiger partial charge in [0, 0.05) is 5.56 Å². The molecule has 0 radical (unpaired) electrons. The van der Waals surface area contributed by atoms with Crippen LogP contribution in [-0.2, 0) is 15.8 Å². The predicted octanol–water partition coefficient (Wildman–Crippen LogP) is 2.57. The lowest BCUT2D eigenvalue weighted by Crippen LogP contribution is -2.17. The number of aryl methyl sites for hydroxylation is 1. The first-order chi connectivity index (χ1) is 9.87. The van der Waals surface area contributed by atoms with Gasteiger partial charge in [-0.2, -0.15) is 0 Å². The topological polar surface area (TPSA) is 72.2 Å². The van der Waals surface area contributed by atoms with Gasteiger partial charge in [-0.3, -0.25) is 4.72 Å². The molecule has 0 saturated heterocycles. The maximum Gasteiger partial charge on any atom is 0.236 e. The summed E-state index contributed by atoms with van der Waals surface area (Å²) in [7, 11) is -3.49. The third-order valence-electron chi connectivity index (χ3n) is 2.99. The quantitative estimate of drug-likeness (QED) is 0.831. The summed E-state index contributed by atoms with van der Waals surface area (Å²) in [6.07, 6.45) is 0. The van der Waals surface area contributed by atoms with Crippen LogP contribution < -0.4 is 10.5 Å². The second-order valence-corrected chi connectivity index (χ2v) is 6.90. The van der Waals surface area contributed by atoms with Crippen molar-refractivity contribution >= 4 is 32.9 Å². The van der Waals surface area contributed by atoms with Gasteiger partial charge in [-0.25, -0.2) is 8.42 Å². The lowest BCUT2D eigenvalue weighted by molar-refractivity contribution is 0.600. The van der Waals surface area contributed by atoms with E-state index in [1.165, 1.54) is 0 Å². The molecule has 2 aromatic carbocycles. The van der Waals surface area contributed by atoms with Crippen molar-refractivity contribution in [2.24, 2.45) is 5.73 Å². The molecule has 3 N–H and O–H groups in total. The molecule has 0 bridgehead atoms. The number of nitrogens with one attached hydrogen (secondary N) is 1. The van der Waals surface area contributed by atoms with Crippen molar-refractivity contribution in [2.45, 2.75) is 12.7 Å². The predicted molar refractivity (Wildman–Crippen MR) is 89.8 cm³/mol. The van der Waals surface area contributed by atoms with Gasteiger partial charge in [-0.1, -0.05) is 54.7 Å². The van der Waals surface area contributed by atoms with Crippen molar-refractivity contribution < 1.29 is 8.42 Å². The van der Waals surface area contributed by atoms with E-state index in [0.29, 0.717) is 11.3 Å². The first-order valence-electron chi connectivity index (χ1n) is 6.32. The zero-order chi connectivity index (χ0) is 15.5. The molecule has 0 aliphatic rings. The lowest BCUT2D eigenvalue weighted by Gasteiger charge is -2.12. The zero-order valence-corrected chi connectivity index (χ0v) is 13.2. The van der Waals surface area contributed by atoms with Gasteiger partial charge in [0.15, 0.2) is 0 Å². The molecule has 21 heavy (non-hydrogen) atoms. The van der Waals surface area contributed by atoms with Crippen molar-refractivity contribution in [1.29, 1.82) is 0 Å². The molecule has 0 heterocycles. The first-order valence-corrected chi connectivity index (χ1v) is 8.38. The Bertz CT molecular complexity index is 756. The highest BCUT2D eigenvalue weighted by Crippen LogP contribution is 2.19. The van der Waals surface area contributed by atoms with E-state index in [0.717, 1.165) is 11.1 Å². The standard InChI is InChI=1S/C15H16N2O2S2/c1-11-7-8-13(15(16)20)9-14(11)17-21(18,19)10-12-5-3-2-4-6-12/h2-9,17H,10H2,1H3,(H2,16,20). The average Bonchev–Trinajstić information content (AvgIpc) is 2.41. The number of rotatable bonds is 5. The summed E-state index contributed by atoms with van der Waals surface area (Å²) in [5.74, 6) is -0.0788. The molecular formula is C15H16N2O2S2. The minimum atomic E-state index is -3.49. The van der Waals surface area contributed by atoms with Gasteiger partial charge in [-0.15, -0.1) is 0 Å². The SMILES string of the molecule is Cc1ccc(C(N)=S)cc1NS(=O)(=O)Cc1ccccc1. The summed E-state index contributed by atoms with van der Waals surface area (Å²) >= 11 is 4.91. The van der Waals surface area contributed by atoms with Crippen LogP contribution >= 0.6 is 12.2 Å². The number of anilines is 1. The summed E-state index contributed by atoms with van der Waals surface area (Å²) in [4.78, 5) is 0.235. The van der Waals surface area contributed by atoms with Crippen LogP contribution in [-0.4, -0.2) is 13.4 Å². The second kappa shape index (κ2) is 6.24. The Kier molecular flexibility index (Phi) is 4.59. The molecule has 0 aliphatic heterocycles. The van der Waals surface area contributed by atoms with E-state index in [-0.39, 0.29) is 10.7 Å². The van der Waals surface area contributed by atoms with E-state index in [9.17, 15) is 8.42 Å². The van der Waals surface area contributed by atoms with Gasteiger partial charge in [-0.05, 0) is 24.1 Å². The number of thiocarbonyl (C=S) groups is 1. The third kappa shape index (κ3) is 4.27. The molecule has 0 fully saturated rings. The molecule has 2 rings (SSSR count). The van der Waals surface area contributed by atoms with E-state index in [1.54, 1.807) is 30.3 Å². The maximum atomic E-state index is 12.2. The fourth-order valence-electron chi connectivity index (χ4n) is 1.88. The summed E-state index contributed by atoms with van der Waals surface area (Å²) in [5.41, 5.74) is 8.24. The van der Waals surface area contributed by atoms with Gasteiger partial charge in [0.05, 0.1) is 11.4 Å². The molecule has 4 nitrogen and oxygen atoms in total. The van der Waals surface area contributed by atoms with Crippen LogP contribution in [0.5, 0.6) is 0 Å². The van der Waals surface area contributed by atoms with E-state index in [4.69, 9.17) is 18.0 Å². The van der Waals surface area contributed by atoms with Crippen molar-refractivity contribution in [3.63, 3.8) is 0 Å². The Morgan fingerprint density at radius 1 is 1.19 bits per heavy atom. The number of hydrogen-bond acceptors (Lipinski definition) is 3. The Morgan fingerprint density at radius 2 is 1.86 bits per heavy atom. The van der Waals surface area contributed by atoms with Crippen LogP contribution in [0.2, 0.25) is 0 Å². The van der Waals surface area contributed by atoms with E-state index in [2.05, 4.69) is 4.72 Å². The molecule has 0 spiro atoms. The molecule has 6 heteroatoms. The fraction of sp³-hybridized carbons (Fsp3) is 0.133. The molecule has 0 saturated carbocycles. The number of hydrogen-bond donors (Lipinski definition) is 2.